The fraction of sp³-hybridized carbons (Fsp3) is 0.280. The van der Waals surface area contributed by atoms with Crippen molar-refractivity contribution in [2.75, 3.05) is 5.75 Å². The molecule has 3 heterocycles. The number of thioether (sulfide) groups is 1. The highest BCUT2D eigenvalue weighted by molar-refractivity contribution is 8.13. The molecule has 7 nitrogen and oxygen atoms in total. The fourth-order valence-electron chi connectivity index (χ4n) is 4.15. The number of amidine groups is 1. The summed E-state index contributed by atoms with van der Waals surface area (Å²) in [5.41, 5.74) is 2.79. The summed E-state index contributed by atoms with van der Waals surface area (Å²) in [5, 5.41) is 16.7. The van der Waals surface area contributed by atoms with E-state index in [-0.39, 0.29) is 5.91 Å². The number of hydrogen-bond donors (Lipinski definition) is 1. The quantitative estimate of drug-likeness (QED) is 0.529. The van der Waals surface area contributed by atoms with Gasteiger partial charge in [0.05, 0.1) is 22.3 Å². The minimum Gasteiger partial charge on any atom is -0.298 e. The Labute approximate surface area is 207 Å². The first-order chi connectivity index (χ1) is 16.6. The van der Waals surface area contributed by atoms with Gasteiger partial charge in [0.15, 0.2) is 11.3 Å². The van der Waals surface area contributed by atoms with Gasteiger partial charge in [-0.1, -0.05) is 79.5 Å². The molecular weight excluding hydrogens is 468 g/mol. The Hall–Kier alpha value is -3.10. The number of aromatic nitrogens is 2. The van der Waals surface area contributed by atoms with E-state index in [1.165, 1.54) is 0 Å². The van der Waals surface area contributed by atoms with Crippen molar-refractivity contribution >= 4 is 40.1 Å². The van der Waals surface area contributed by atoms with Crippen molar-refractivity contribution in [1.29, 1.82) is 0 Å². The third kappa shape index (κ3) is 4.12. The van der Waals surface area contributed by atoms with Crippen LogP contribution in [0.25, 0.3) is 11.4 Å². The zero-order valence-corrected chi connectivity index (χ0v) is 20.6. The predicted octanol–water partition coefficient (Wildman–Crippen LogP) is 3.90. The summed E-state index contributed by atoms with van der Waals surface area (Å²) in [6.07, 6.45) is 2.75. The van der Waals surface area contributed by atoms with Gasteiger partial charge in [0.1, 0.15) is 10.9 Å². The van der Waals surface area contributed by atoms with E-state index in [9.17, 15) is 4.79 Å². The lowest BCUT2D eigenvalue weighted by Crippen LogP contribution is -2.50. The van der Waals surface area contributed by atoms with Gasteiger partial charge >= 0.3 is 0 Å². The number of carbonyl (C=O) groups excluding carboxylic acids is 1. The largest absolute Gasteiger partial charge is 0.298 e. The van der Waals surface area contributed by atoms with Crippen LogP contribution in [0, 0.1) is 6.92 Å². The van der Waals surface area contributed by atoms with Gasteiger partial charge in [0, 0.05) is 11.0 Å². The Morgan fingerprint density at radius 3 is 2.65 bits per heavy atom. The van der Waals surface area contributed by atoms with Crippen LogP contribution in [0.15, 0.2) is 64.7 Å². The molecule has 1 atom stereocenters. The van der Waals surface area contributed by atoms with E-state index in [0.717, 1.165) is 52.5 Å². The number of benzene rings is 2. The second-order valence-corrected chi connectivity index (χ2v) is 9.61. The highest BCUT2D eigenvalue weighted by Crippen LogP contribution is 2.37. The van der Waals surface area contributed by atoms with Crippen LogP contribution in [0.5, 0.6) is 0 Å². The van der Waals surface area contributed by atoms with Crippen LogP contribution >= 0.6 is 23.4 Å². The zero-order valence-electron chi connectivity index (χ0n) is 19.0. The smallest absolute Gasteiger partial charge is 0.276 e. The Bertz CT molecular complexity index is 1380. The molecule has 0 radical (unpaired) electrons. The van der Waals surface area contributed by atoms with Gasteiger partial charge in [0.25, 0.3) is 5.91 Å². The van der Waals surface area contributed by atoms with Crippen LogP contribution in [0.1, 0.15) is 43.6 Å². The van der Waals surface area contributed by atoms with Gasteiger partial charge in [-0.15, -0.1) is 5.10 Å². The lowest BCUT2D eigenvalue weighted by Gasteiger charge is -2.34. The summed E-state index contributed by atoms with van der Waals surface area (Å²) in [4.78, 5) is 18.3. The molecule has 0 unspecified atom stereocenters. The normalized spacial score (nSPS) is 17.0. The molecule has 3 aromatic rings. The topological polar surface area (TPSA) is 74.9 Å². The van der Waals surface area contributed by atoms with Crippen molar-refractivity contribution in [3.05, 3.63) is 81.6 Å². The maximum absolute atomic E-state index is 13.3. The van der Waals surface area contributed by atoms with Crippen LogP contribution in [0.3, 0.4) is 0 Å². The second-order valence-electron chi connectivity index (χ2n) is 8.17. The third-order valence-electron chi connectivity index (χ3n) is 5.81. The number of para-hydroxylation sites is 2. The number of aryl methyl sites for hydroxylation is 1. The maximum Gasteiger partial charge on any atom is 0.276 e. The monoisotopic (exact) mass is 492 g/mol. The predicted molar refractivity (Wildman–Crippen MR) is 136 cm³/mol. The van der Waals surface area contributed by atoms with Crippen LogP contribution in [0.2, 0.25) is 5.15 Å². The van der Waals surface area contributed by atoms with Crippen LogP contribution in [0.4, 0.5) is 0 Å². The number of carbonyl (C=O) groups is 1. The van der Waals surface area contributed by atoms with Crippen LogP contribution in [-0.4, -0.2) is 31.6 Å². The molecular formula is C25H25ClN6OS. The van der Waals surface area contributed by atoms with Crippen molar-refractivity contribution in [2.45, 2.75) is 39.3 Å². The summed E-state index contributed by atoms with van der Waals surface area (Å²) in [6, 6.07) is 17.3. The summed E-state index contributed by atoms with van der Waals surface area (Å²) in [7, 11) is 0. The van der Waals surface area contributed by atoms with Gasteiger partial charge in [-0.2, -0.15) is 5.10 Å². The maximum atomic E-state index is 13.3. The first-order valence-electron chi connectivity index (χ1n) is 11.4. The second kappa shape index (κ2) is 9.64. The van der Waals surface area contributed by atoms with E-state index in [2.05, 4.69) is 12.2 Å². The molecule has 5 rings (SSSR count). The molecule has 2 aromatic carbocycles. The third-order valence-corrected chi connectivity index (χ3v) is 7.12. The Balaban J connectivity index is 1.62. The number of rotatable bonds is 6. The van der Waals surface area contributed by atoms with E-state index >= 15 is 0 Å². The molecule has 1 N–H and O–H groups in total. The lowest BCUT2D eigenvalue weighted by atomic mass is 10.1. The molecule has 9 heteroatoms. The number of halogens is 1. The number of nitrogens with zero attached hydrogens (tertiary/aromatic N) is 5. The molecule has 174 valence electrons. The molecule has 1 amide bonds. The number of hydrazone groups is 1. The Morgan fingerprint density at radius 2 is 1.85 bits per heavy atom. The summed E-state index contributed by atoms with van der Waals surface area (Å²) in [6.45, 7) is 4.08. The van der Waals surface area contributed by atoms with Crippen molar-refractivity contribution in [3.63, 3.8) is 0 Å². The molecule has 0 fully saturated rings. The number of unbranched alkanes of at least 4 members (excludes halogenated alkanes) is 2. The van der Waals surface area contributed by atoms with E-state index in [1.54, 1.807) is 21.5 Å². The number of hydrogen-bond acceptors (Lipinski definition) is 6. The van der Waals surface area contributed by atoms with Gasteiger partial charge in [0.2, 0.25) is 0 Å². The summed E-state index contributed by atoms with van der Waals surface area (Å²) >= 11 is 8.45. The molecule has 0 saturated carbocycles. The molecule has 0 saturated heterocycles. The van der Waals surface area contributed by atoms with Crippen molar-refractivity contribution in [1.82, 2.24) is 20.1 Å². The molecule has 0 aliphatic carbocycles. The minimum absolute atomic E-state index is 0.190. The number of fused-ring (bicyclic) bond motifs is 2. The molecule has 2 aliphatic rings. The Morgan fingerprint density at radius 1 is 1.09 bits per heavy atom. The fourth-order valence-corrected chi connectivity index (χ4v) is 5.37. The van der Waals surface area contributed by atoms with Crippen LogP contribution in [-0.2, 0) is 4.79 Å². The summed E-state index contributed by atoms with van der Waals surface area (Å²) < 4.78 is 1.70. The van der Waals surface area contributed by atoms with Crippen LogP contribution < -0.4 is 15.9 Å². The molecule has 0 bridgehead atoms. The van der Waals surface area contributed by atoms with E-state index in [1.807, 2.05) is 61.5 Å². The Kier molecular flexibility index (Phi) is 6.43. The SMILES string of the molecule is CCCCCSC1=NN2C(=c3ccccc3=N[C@@H]2c2c(C)nn(-c3ccccc3)c2Cl)C(=O)N1. The number of amides is 1. The zero-order chi connectivity index (χ0) is 23.7. The highest BCUT2D eigenvalue weighted by Gasteiger charge is 2.37. The molecule has 0 spiro atoms. The first-order valence-corrected chi connectivity index (χ1v) is 12.7. The van der Waals surface area contributed by atoms with Crippen molar-refractivity contribution in [3.8, 4) is 5.69 Å². The van der Waals surface area contributed by atoms with E-state index < -0.39 is 6.17 Å². The average Bonchev–Trinajstić information content (AvgIpc) is 3.15. The van der Waals surface area contributed by atoms with E-state index in [4.69, 9.17) is 26.8 Å². The first kappa shape index (κ1) is 22.7. The van der Waals surface area contributed by atoms with Gasteiger partial charge in [-0.25, -0.2) is 9.69 Å². The van der Waals surface area contributed by atoms with Crippen molar-refractivity contribution in [2.24, 2.45) is 10.1 Å². The lowest BCUT2D eigenvalue weighted by molar-refractivity contribution is -0.116. The van der Waals surface area contributed by atoms with E-state index in [0.29, 0.717) is 16.0 Å². The minimum atomic E-state index is -0.604. The molecule has 2 aliphatic heterocycles. The summed E-state index contributed by atoms with van der Waals surface area (Å²) in [5.74, 6) is 0.699. The molecule has 1 aromatic heterocycles. The average molecular weight is 493 g/mol. The molecule has 34 heavy (non-hydrogen) atoms. The van der Waals surface area contributed by atoms with Gasteiger partial charge in [-0.3, -0.25) is 15.1 Å². The number of nitrogens with one attached hydrogen (secondary N) is 1. The van der Waals surface area contributed by atoms with Gasteiger partial charge < -0.3 is 0 Å². The standard InChI is InChI=1S/C25H25ClN6OS/c1-3-4-10-15-34-25-28-24(33)21-18-13-8-9-14-19(18)27-23(32(21)30-25)20-16(2)29-31(22(20)26)17-11-6-5-7-12-17/h5-9,11-14,23H,3-4,10,15H2,1-2H3,(H,28,30,33)/t23-/m0/s1. The van der Waals surface area contributed by atoms with Crippen molar-refractivity contribution < 1.29 is 4.79 Å². The van der Waals surface area contributed by atoms with Gasteiger partial charge in [-0.05, 0) is 31.5 Å². The highest BCUT2D eigenvalue weighted by atomic mass is 35.5.